The van der Waals surface area contributed by atoms with Gasteiger partial charge in [0.2, 0.25) is 0 Å². The molecule has 4 N–H and O–H groups in total. The van der Waals surface area contributed by atoms with E-state index in [0.29, 0.717) is 17.2 Å². The monoisotopic (exact) mass is 393 g/mol. The van der Waals surface area contributed by atoms with Crippen molar-refractivity contribution in [3.63, 3.8) is 0 Å². The van der Waals surface area contributed by atoms with Crippen LogP contribution in [0.4, 0.5) is 13.2 Å². The van der Waals surface area contributed by atoms with Gasteiger partial charge in [-0.25, -0.2) is 5.01 Å². The molecule has 0 radical (unpaired) electrons. The van der Waals surface area contributed by atoms with Gasteiger partial charge in [-0.05, 0) is 56.1 Å². The van der Waals surface area contributed by atoms with Crippen molar-refractivity contribution in [2.75, 3.05) is 19.6 Å². The van der Waals surface area contributed by atoms with Gasteiger partial charge in [-0.2, -0.15) is 0 Å². The lowest BCUT2D eigenvalue weighted by Gasteiger charge is -2.31. The topological polar surface area (TPSA) is 60.6 Å². The lowest BCUT2D eigenvalue weighted by molar-refractivity contribution is -0.274. The lowest BCUT2D eigenvalue weighted by atomic mass is 9.98. The second kappa shape index (κ2) is 7.67. The molecule has 0 spiro atoms. The van der Waals surface area contributed by atoms with E-state index < -0.39 is 6.36 Å². The average Bonchev–Trinajstić information content (AvgIpc) is 3.09. The molecule has 3 heterocycles. The second-order valence-electron chi connectivity index (χ2n) is 6.90. The van der Waals surface area contributed by atoms with Crippen molar-refractivity contribution in [1.82, 2.24) is 26.4 Å². The van der Waals surface area contributed by atoms with E-state index >= 15 is 0 Å². The number of piperidine rings is 1. The van der Waals surface area contributed by atoms with Crippen LogP contribution in [-0.4, -0.2) is 31.0 Å². The van der Waals surface area contributed by atoms with Crippen LogP contribution >= 0.6 is 0 Å². The first kappa shape index (κ1) is 18.5. The van der Waals surface area contributed by atoms with E-state index in [1.54, 1.807) is 17.3 Å². The number of hydrogen-bond acceptors (Lipinski definition) is 6. The molecule has 0 aromatic heterocycles. The molecule has 150 valence electrons. The Kier molecular flexibility index (Phi) is 5.08. The van der Waals surface area contributed by atoms with E-state index in [4.69, 9.17) is 0 Å². The summed E-state index contributed by atoms with van der Waals surface area (Å²) in [6.07, 6.45) is 3.17. The highest BCUT2D eigenvalue weighted by atomic mass is 19.4. The number of nitrogens with one attached hydrogen (secondary N) is 4. The molecule has 0 unspecified atom stereocenters. The van der Waals surface area contributed by atoms with Crippen LogP contribution in [0.3, 0.4) is 0 Å². The van der Waals surface area contributed by atoms with E-state index in [9.17, 15) is 13.2 Å². The molecule has 3 aliphatic rings. The molecule has 9 heteroatoms. The SMILES string of the molecule is FC(F)(F)Oc1cccc(C2=CNC3=CC=C(NCC4CCNCC4)NN32)c1. The molecule has 0 saturated carbocycles. The van der Waals surface area contributed by atoms with Gasteiger partial charge in [-0.3, -0.25) is 5.43 Å². The maximum absolute atomic E-state index is 12.5. The van der Waals surface area contributed by atoms with Crippen LogP contribution in [-0.2, 0) is 0 Å². The second-order valence-corrected chi connectivity index (χ2v) is 6.90. The number of alkyl halides is 3. The molecule has 0 aliphatic carbocycles. The summed E-state index contributed by atoms with van der Waals surface area (Å²) in [5.41, 5.74) is 4.58. The Morgan fingerprint density at radius 2 is 2.00 bits per heavy atom. The molecule has 0 atom stereocenters. The normalized spacial score (nSPS) is 19.7. The highest BCUT2D eigenvalue weighted by Gasteiger charge is 2.32. The van der Waals surface area contributed by atoms with Crippen molar-refractivity contribution < 1.29 is 17.9 Å². The summed E-state index contributed by atoms with van der Waals surface area (Å²) in [4.78, 5) is 0. The van der Waals surface area contributed by atoms with E-state index in [1.165, 1.54) is 18.2 Å². The summed E-state index contributed by atoms with van der Waals surface area (Å²) in [6, 6.07) is 5.93. The number of hydrogen-bond donors (Lipinski definition) is 4. The minimum atomic E-state index is -4.72. The summed E-state index contributed by atoms with van der Waals surface area (Å²) >= 11 is 0. The third kappa shape index (κ3) is 4.36. The molecule has 28 heavy (non-hydrogen) atoms. The van der Waals surface area contributed by atoms with Crippen molar-refractivity contribution in [2.45, 2.75) is 19.2 Å². The minimum absolute atomic E-state index is 0.250. The molecule has 6 nitrogen and oxygen atoms in total. The Bertz CT molecular complexity index is 812. The fraction of sp³-hybridized carbons (Fsp3) is 0.368. The number of ether oxygens (including phenoxy) is 1. The summed E-state index contributed by atoms with van der Waals surface area (Å²) in [5, 5.41) is 11.7. The highest BCUT2D eigenvalue weighted by molar-refractivity contribution is 5.69. The molecule has 1 aromatic rings. The third-order valence-electron chi connectivity index (χ3n) is 4.88. The fourth-order valence-electron chi connectivity index (χ4n) is 3.47. The van der Waals surface area contributed by atoms with Crippen LogP contribution in [0, 0.1) is 5.92 Å². The zero-order valence-corrected chi connectivity index (χ0v) is 15.1. The minimum Gasteiger partial charge on any atom is -0.406 e. The van der Waals surface area contributed by atoms with Gasteiger partial charge >= 0.3 is 6.36 Å². The Balaban J connectivity index is 1.42. The number of halogens is 3. The maximum atomic E-state index is 12.5. The number of hydrazine groups is 1. The number of allylic oxidation sites excluding steroid dienone is 2. The summed E-state index contributed by atoms with van der Waals surface area (Å²) < 4.78 is 41.6. The molecule has 4 rings (SSSR count). The predicted octanol–water partition coefficient (Wildman–Crippen LogP) is 2.58. The van der Waals surface area contributed by atoms with E-state index in [2.05, 4.69) is 26.1 Å². The van der Waals surface area contributed by atoms with Crippen molar-refractivity contribution in [3.05, 3.63) is 59.8 Å². The number of benzene rings is 1. The molecule has 0 amide bonds. The predicted molar refractivity (Wildman–Crippen MR) is 99.0 cm³/mol. The van der Waals surface area contributed by atoms with Gasteiger partial charge in [0.15, 0.2) is 0 Å². The average molecular weight is 393 g/mol. The quantitative estimate of drug-likeness (QED) is 0.617. The van der Waals surface area contributed by atoms with E-state index in [1.807, 2.05) is 12.2 Å². The van der Waals surface area contributed by atoms with Gasteiger partial charge in [0, 0.05) is 18.3 Å². The summed E-state index contributed by atoms with van der Waals surface area (Å²) in [5.74, 6) is 2.02. The molecule has 1 fully saturated rings. The fourth-order valence-corrected chi connectivity index (χ4v) is 3.47. The van der Waals surface area contributed by atoms with Crippen LogP contribution in [0.1, 0.15) is 18.4 Å². The molecule has 1 saturated heterocycles. The third-order valence-corrected chi connectivity index (χ3v) is 4.88. The van der Waals surface area contributed by atoms with Gasteiger partial charge in [-0.1, -0.05) is 12.1 Å². The van der Waals surface area contributed by atoms with Crippen molar-refractivity contribution in [2.24, 2.45) is 5.92 Å². The van der Waals surface area contributed by atoms with Crippen LogP contribution in [0.15, 0.2) is 54.3 Å². The van der Waals surface area contributed by atoms with E-state index in [-0.39, 0.29) is 5.75 Å². The standard InChI is InChI=1S/C19H22F3N5O/c20-19(21,22)28-15-3-1-2-14(10-15)16-12-25-18-5-4-17(26-27(16)18)24-11-13-6-8-23-9-7-13/h1-5,10,12-13,23-26H,6-9,11H2. The zero-order chi connectivity index (χ0) is 19.6. The summed E-state index contributed by atoms with van der Waals surface area (Å²) in [7, 11) is 0. The van der Waals surface area contributed by atoms with Crippen LogP contribution < -0.4 is 26.1 Å². The van der Waals surface area contributed by atoms with Gasteiger partial charge in [-0.15, -0.1) is 13.2 Å². The largest absolute Gasteiger partial charge is 0.573 e. The first-order chi connectivity index (χ1) is 13.5. The molecule has 0 bridgehead atoms. The smallest absolute Gasteiger partial charge is 0.406 e. The molecule has 1 aromatic carbocycles. The number of fused-ring (bicyclic) bond motifs is 1. The van der Waals surface area contributed by atoms with Crippen LogP contribution in [0.5, 0.6) is 5.75 Å². The molecule has 3 aliphatic heterocycles. The Hall–Kier alpha value is -2.81. The zero-order valence-electron chi connectivity index (χ0n) is 15.1. The Morgan fingerprint density at radius 1 is 1.18 bits per heavy atom. The van der Waals surface area contributed by atoms with Gasteiger partial charge < -0.3 is 20.7 Å². The van der Waals surface area contributed by atoms with Crippen LogP contribution in [0.2, 0.25) is 0 Å². The highest BCUT2D eigenvalue weighted by Crippen LogP contribution is 2.31. The molecular formula is C19H22F3N5O. The van der Waals surface area contributed by atoms with E-state index in [0.717, 1.165) is 44.1 Å². The van der Waals surface area contributed by atoms with Crippen LogP contribution in [0.25, 0.3) is 5.70 Å². The first-order valence-corrected chi connectivity index (χ1v) is 9.24. The molecular weight excluding hydrogens is 371 g/mol. The van der Waals surface area contributed by atoms with Crippen molar-refractivity contribution in [1.29, 1.82) is 0 Å². The summed E-state index contributed by atoms with van der Waals surface area (Å²) in [6.45, 7) is 2.96. The first-order valence-electron chi connectivity index (χ1n) is 9.24. The number of rotatable bonds is 5. The van der Waals surface area contributed by atoms with Crippen molar-refractivity contribution in [3.8, 4) is 5.75 Å². The lowest BCUT2D eigenvalue weighted by Crippen LogP contribution is -2.43. The Morgan fingerprint density at radius 3 is 2.79 bits per heavy atom. The van der Waals surface area contributed by atoms with Gasteiger partial charge in [0.05, 0.1) is 5.70 Å². The number of nitrogens with zero attached hydrogens (tertiary/aromatic N) is 1. The van der Waals surface area contributed by atoms with Crippen molar-refractivity contribution >= 4 is 5.70 Å². The maximum Gasteiger partial charge on any atom is 0.573 e. The Labute approximate surface area is 161 Å². The van der Waals surface area contributed by atoms with Gasteiger partial charge in [0.1, 0.15) is 17.4 Å². The van der Waals surface area contributed by atoms with Gasteiger partial charge in [0.25, 0.3) is 0 Å².